The molecule has 0 aliphatic carbocycles. The molecule has 0 spiro atoms. The molecule has 2 N–H and O–H groups in total. The van der Waals surface area contributed by atoms with Crippen molar-refractivity contribution in [2.75, 3.05) is 33.0 Å². The molecule has 100 valence electrons. The Kier molecular flexibility index (Phi) is 7.16. The quantitative estimate of drug-likeness (QED) is 0.676. The normalized spacial score (nSPS) is 18.9. The van der Waals surface area contributed by atoms with Gasteiger partial charge in [-0.1, -0.05) is 0 Å². The highest BCUT2D eigenvalue weighted by Gasteiger charge is 2.16. The van der Waals surface area contributed by atoms with Crippen LogP contribution in [0, 0.1) is 0 Å². The van der Waals surface area contributed by atoms with Crippen LogP contribution >= 0.6 is 0 Å². The molecule has 0 bridgehead atoms. The van der Waals surface area contributed by atoms with Gasteiger partial charge in [0.05, 0.1) is 13.2 Å². The van der Waals surface area contributed by atoms with Gasteiger partial charge in [0.2, 0.25) is 5.91 Å². The van der Waals surface area contributed by atoms with Crippen molar-refractivity contribution >= 4 is 5.91 Å². The predicted molar refractivity (Wildman–Crippen MR) is 65.9 cm³/mol. The second-order valence-electron chi connectivity index (χ2n) is 4.40. The summed E-state index contributed by atoms with van der Waals surface area (Å²) in [4.78, 5) is 11.6. The van der Waals surface area contributed by atoms with Crippen LogP contribution in [0.2, 0.25) is 0 Å². The fourth-order valence-corrected chi connectivity index (χ4v) is 1.74. The molecular weight excluding hydrogens is 220 g/mol. The standard InChI is InChI=1S/C12H24N2O3/c1-3-16-9-10(2)13-8-12(15)14-11-4-6-17-7-5-11/h10-11,13H,3-9H2,1-2H3,(H,14,15). The molecule has 1 amide bonds. The molecule has 0 aromatic rings. The maximum atomic E-state index is 11.6. The van der Waals surface area contributed by atoms with E-state index in [2.05, 4.69) is 10.6 Å². The highest BCUT2D eigenvalue weighted by molar-refractivity contribution is 5.78. The summed E-state index contributed by atoms with van der Waals surface area (Å²) in [6.45, 7) is 7.17. The monoisotopic (exact) mass is 244 g/mol. The Morgan fingerprint density at radius 1 is 1.47 bits per heavy atom. The van der Waals surface area contributed by atoms with Gasteiger partial charge in [0.25, 0.3) is 0 Å². The van der Waals surface area contributed by atoms with E-state index < -0.39 is 0 Å². The molecular formula is C12H24N2O3. The average Bonchev–Trinajstić information content (AvgIpc) is 2.35. The molecule has 0 aromatic carbocycles. The fraction of sp³-hybridized carbons (Fsp3) is 0.917. The zero-order chi connectivity index (χ0) is 12.5. The van der Waals surface area contributed by atoms with Crippen molar-refractivity contribution in [2.45, 2.75) is 38.8 Å². The van der Waals surface area contributed by atoms with Gasteiger partial charge in [-0.15, -0.1) is 0 Å². The lowest BCUT2D eigenvalue weighted by molar-refractivity contribution is -0.121. The summed E-state index contributed by atoms with van der Waals surface area (Å²) in [5.74, 6) is 0.0558. The molecule has 0 saturated carbocycles. The van der Waals surface area contributed by atoms with Crippen molar-refractivity contribution in [3.63, 3.8) is 0 Å². The van der Waals surface area contributed by atoms with Crippen LogP contribution in [0.5, 0.6) is 0 Å². The van der Waals surface area contributed by atoms with E-state index in [0.29, 0.717) is 19.8 Å². The van der Waals surface area contributed by atoms with Crippen LogP contribution in [0.1, 0.15) is 26.7 Å². The lowest BCUT2D eigenvalue weighted by Gasteiger charge is -2.23. The smallest absolute Gasteiger partial charge is 0.234 e. The van der Waals surface area contributed by atoms with Crippen LogP contribution in [-0.4, -0.2) is 51.0 Å². The van der Waals surface area contributed by atoms with Crippen molar-refractivity contribution in [2.24, 2.45) is 0 Å². The fourth-order valence-electron chi connectivity index (χ4n) is 1.74. The van der Waals surface area contributed by atoms with Gasteiger partial charge in [0, 0.05) is 31.9 Å². The number of amides is 1. The van der Waals surface area contributed by atoms with Crippen molar-refractivity contribution in [3.05, 3.63) is 0 Å². The number of nitrogens with one attached hydrogen (secondary N) is 2. The maximum absolute atomic E-state index is 11.6. The highest BCUT2D eigenvalue weighted by atomic mass is 16.5. The van der Waals surface area contributed by atoms with Gasteiger partial charge in [0.1, 0.15) is 0 Å². The van der Waals surface area contributed by atoms with Crippen LogP contribution in [-0.2, 0) is 14.3 Å². The summed E-state index contributed by atoms with van der Waals surface area (Å²) < 4.78 is 10.5. The van der Waals surface area contributed by atoms with E-state index in [0.717, 1.165) is 26.1 Å². The molecule has 1 fully saturated rings. The second-order valence-corrected chi connectivity index (χ2v) is 4.40. The molecule has 1 atom stereocenters. The van der Waals surface area contributed by atoms with Gasteiger partial charge in [0.15, 0.2) is 0 Å². The Labute approximate surface area is 103 Å². The molecule has 5 heteroatoms. The summed E-state index contributed by atoms with van der Waals surface area (Å²) in [5.41, 5.74) is 0. The van der Waals surface area contributed by atoms with Gasteiger partial charge in [-0.3, -0.25) is 4.79 Å². The molecule has 0 radical (unpaired) electrons. The topological polar surface area (TPSA) is 59.6 Å². The van der Waals surface area contributed by atoms with E-state index in [9.17, 15) is 4.79 Å². The number of hydrogen-bond acceptors (Lipinski definition) is 4. The van der Waals surface area contributed by atoms with Gasteiger partial charge < -0.3 is 20.1 Å². The lowest BCUT2D eigenvalue weighted by atomic mass is 10.1. The van der Waals surface area contributed by atoms with Crippen LogP contribution in [0.15, 0.2) is 0 Å². The molecule has 1 saturated heterocycles. The number of hydrogen-bond donors (Lipinski definition) is 2. The van der Waals surface area contributed by atoms with Gasteiger partial charge in [-0.05, 0) is 26.7 Å². The minimum Gasteiger partial charge on any atom is -0.381 e. The minimum absolute atomic E-state index is 0.0558. The summed E-state index contributed by atoms with van der Waals surface area (Å²) in [6, 6.07) is 0.482. The predicted octanol–water partition coefficient (Wildman–Crippen LogP) is 0.296. The van der Waals surface area contributed by atoms with E-state index in [1.165, 1.54) is 0 Å². The highest BCUT2D eigenvalue weighted by Crippen LogP contribution is 2.05. The average molecular weight is 244 g/mol. The summed E-state index contributed by atoms with van der Waals surface area (Å²) >= 11 is 0. The van der Waals surface area contributed by atoms with Crippen LogP contribution in [0.3, 0.4) is 0 Å². The van der Waals surface area contributed by atoms with Gasteiger partial charge in [-0.2, -0.15) is 0 Å². The third kappa shape index (κ3) is 6.61. The molecule has 1 rings (SSSR count). The second kappa shape index (κ2) is 8.44. The third-order valence-electron chi connectivity index (χ3n) is 2.77. The van der Waals surface area contributed by atoms with E-state index >= 15 is 0 Å². The number of carbonyl (C=O) groups is 1. The largest absolute Gasteiger partial charge is 0.381 e. The molecule has 1 heterocycles. The molecule has 1 unspecified atom stereocenters. The van der Waals surface area contributed by atoms with E-state index in [1.807, 2.05) is 13.8 Å². The number of rotatable bonds is 7. The Hall–Kier alpha value is -0.650. The molecule has 1 aliphatic heterocycles. The lowest BCUT2D eigenvalue weighted by Crippen LogP contribution is -2.45. The first-order valence-corrected chi connectivity index (χ1v) is 6.40. The van der Waals surface area contributed by atoms with E-state index in [-0.39, 0.29) is 18.0 Å². The first-order chi connectivity index (χ1) is 8.22. The van der Waals surface area contributed by atoms with Crippen molar-refractivity contribution in [3.8, 4) is 0 Å². The zero-order valence-electron chi connectivity index (χ0n) is 10.8. The first-order valence-electron chi connectivity index (χ1n) is 6.40. The molecule has 17 heavy (non-hydrogen) atoms. The summed E-state index contributed by atoms with van der Waals surface area (Å²) in [5, 5.41) is 6.15. The van der Waals surface area contributed by atoms with Crippen LogP contribution < -0.4 is 10.6 Å². The molecule has 1 aliphatic rings. The van der Waals surface area contributed by atoms with Gasteiger partial charge >= 0.3 is 0 Å². The SMILES string of the molecule is CCOCC(C)NCC(=O)NC1CCOCC1. The number of carbonyl (C=O) groups excluding carboxylic acids is 1. The Bertz CT molecular complexity index is 218. The van der Waals surface area contributed by atoms with Crippen molar-refractivity contribution in [1.29, 1.82) is 0 Å². The zero-order valence-corrected chi connectivity index (χ0v) is 10.8. The van der Waals surface area contributed by atoms with Gasteiger partial charge in [-0.25, -0.2) is 0 Å². The molecule has 5 nitrogen and oxygen atoms in total. The van der Waals surface area contributed by atoms with Crippen molar-refractivity contribution in [1.82, 2.24) is 10.6 Å². The maximum Gasteiger partial charge on any atom is 0.234 e. The first kappa shape index (κ1) is 14.4. The minimum atomic E-state index is 0.0558. The Morgan fingerprint density at radius 2 is 2.18 bits per heavy atom. The Balaban J connectivity index is 2.07. The third-order valence-corrected chi connectivity index (χ3v) is 2.77. The van der Waals surface area contributed by atoms with Crippen LogP contribution in [0.4, 0.5) is 0 Å². The summed E-state index contributed by atoms with van der Waals surface area (Å²) in [7, 11) is 0. The molecule has 0 aromatic heterocycles. The van der Waals surface area contributed by atoms with Crippen molar-refractivity contribution < 1.29 is 14.3 Å². The van der Waals surface area contributed by atoms with E-state index in [4.69, 9.17) is 9.47 Å². The summed E-state index contributed by atoms with van der Waals surface area (Å²) in [6.07, 6.45) is 1.83. The van der Waals surface area contributed by atoms with Crippen LogP contribution in [0.25, 0.3) is 0 Å². The van der Waals surface area contributed by atoms with E-state index in [1.54, 1.807) is 0 Å². The Morgan fingerprint density at radius 3 is 2.82 bits per heavy atom. The number of ether oxygens (including phenoxy) is 2.